The van der Waals surface area contributed by atoms with E-state index in [2.05, 4.69) is 14.6 Å². The Kier molecular flexibility index (Phi) is 5.15. The van der Waals surface area contributed by atoms with Crippen molar-refractivity contribution in [2.75, 3.05) is 44.4 Å². The van der Waals surface area contributed by atoms with Crippen molar-refractivity contribution in [2.45, 2.75) is 11.4 Å². The van der Waals surface area contributed by atoms with Crippen LogP contribution < -0.4 is 19.1 Å². The highest BCUT2D eigenvalue weighted by molar-refractivity contribution is 7.89. The Morgan fingerprint density at radius 1 is 1.00 bits per heavy atom. The summed E-state index contributed by atoms with van der Waals surface area (Å²) in [6.07, 6.45) is 1.69. The summed E-state index contributed by atoms with van der Waals surface area (Å²) in [7, 11) is -3.66. The fourth-order valence-electron chi connectivity index (χ4n) is 2.95. The molecule has 0 atom stereocenters. The molecule has 0 aliphatic carbocycles. The number of aromatic nitrogens is 1. The summed E-state index contributed by atoms with van der Waals surface area (Å²) in [5.74, 6) is 1.88. The minimum atomic E-state index is -3.66. The van der Waals surface area contributed by atoms with Crippen molar-refractivity contribution < 1.29 is 22.6 Å². The highest BCUT2D eigenvalue weighted by Crippen LogP contribution is 2.32. The Hall–Kier alpha value is -2.36. The van der Waals surface area contributed by atoms with Crippen LogP contribution in [0.5, 0.6) is 11.5 Å². The summed E-state index contributed by atoms with van der Waals surface area (Å²) in [5, 5.41) is 0. The van der Waals surface area contributed by atoms with Gasteiger partial charge >= 0.3 is 0 Å². The third-order valence-corrected chi connectivity index (χ3v) is 5.83. The predicted octanol–water partition coefficient (Wildman–Crippen LogP) is 1.17. The number of fused-ring (bicyclic) bond motifs is 1. The lowest BCUT2D eigenvalue weighted by Gasteiger charge is -2.27. The van der Waals surface area contributed by atoms with E-state index in [0.717, 1.165) is 24.5 Å². The maximum atomic E-state index is 12.6. The minimum Gasteiger partial charge on any atom is -0.486 e. The smallest absolute Gasteiger partial charge is 0.241 e. The quantitative estimate of drug-likeness (QED) is 0.818. The van der Waals surface area contributed by atoms with Crippen LogP contribution in [-0.2, 0) is 21.3 Å². The normalized spacial score (nSPS) is 17.0. The second-order valence-electron chi connectivity index (χ2n) is 6.25. The van der Waals surface area contributed by atoms with Gasteiger partial charge < -0.3 is 19.1 Å². The summed E-state index contributed by atoms with van der Waals surface area (Å²) >= 11 is 0. The van der Waals surface area contributed by atoms with E-state index in [4.69, 9.17) is 14.2 Å². The van der Waals surface area contributed by atoms with Crippen LogP contribution in [0, 0.1) is 0 Å². The average molecular weight is 391 g/mol. The predicted molar refractivity (Wildman–Crippen MR) is 98.7 cm³/mol. The number of benzene rings is 1. The Bertz CT molecular complexity index is 896. The van der Waals surface area contributed by atoms with Crippen LogP contribution >= 0.6 is 0 Å². The molecule has 2 aromatic rings. The van der Waals surface area contributed by atoms with Gasteiger partial charge in [-0.1, -0.05) is 6.07 Å². The van der Waals surface area contributed by atoms with Crippen LogP contribution in [0.4, 0.5) is 5.82 Å². The van der Waals surface area contributed by atoms with E-state index in [-0.39, 0.29) is 11.4 Å². The highest BCUT2D eigenvalue weighted by Gasteiger charge is 2.19. The van der Waals surface area contributed by atoms with E-state index < -0.39 is 10.0 Å². The van der Waals surface area contributed by atoms with E-state index in [0.29, 0.717) is 37.9 Å². The van der Waals surface area contributed by atoms with Gasteiger partial charge in [0.2, 0.25) is 10.0 Å². The van der Waals surface area contributed by atoms with Gasteiger partial charge in [0.15, 0.2) is 11.5 Å². The molecule has 1 aromatic carbocycles. The van der Waals surface area contributed by atoms with Crippen molar-refractivity contribution in [3.63, 3.8) is 0 Å². The zero-order valence-electron chi connectivity index (χ0n) is 14.8. The SMILES string of the molecule is O=S(=O)(NCc1ccc(N2CCOCC2)nc1)c1ccc2c(c1)OCCO2. The molecule has 0 saturated carbocycles. The zero-order valence-corrected chi connectivity index (χ0v) is 15.6. The number of anilines is 1. The first kappa shape index (κ1) is 18.0. The summed E-state index contributed by atoms with van der Waals surface area (Å²) in [6.45, 7) is 4.03. The number of pyridine rings is 1. The number of hydrogen-bond acceptors (Lipinski definition) is 7. The minimum absolute atomic E-state index is 0.143. The molecule has 8 nitrogen and oxygen atoms in total. The molecule has 0 spiro atoms. The molecule has 0 amide bonds. The largest absolute Gasteiger partial charge is 0.486 e. The molecular formula is C18H21N3O5S. The van der Waals surface area contributed by atoms with Crippen molar-refractivity contribution in [1.29, 1.82) is 0 Å². The maximum absolute atomic E-state index is 12.6. The molecule has 1 aromatic heterocycles. The van der Waals surface area contributed by atoms with Gasteiger partial charge in [0, 0.05) is 31.9 Å². The Labute approximate surface area is 158 Å². The van der Waals surface area contributed by atoms with Crippen molar-refractivity contribution >= 4 is 15.8 Å². The van der Waals surface area contributed by atoms with Crippen LogP contribution in [0.2, 0.25) is 0 Å². The fourth-order valence-corrected chi connectivity index (χ4v) is 3.99. The lowest BCUT2D eigenvalue weighted by Crippen LogP contribution is -2.36. The van der Waals surface area contributed by atoms with Crippen molar-refractivity contribution in [2.24, 2.45) is 0 Å². The fraction of sp³-hybridized carbons (Fsp3) is 0.389. The molecule has 1 N–H and O–H groups in total. The number of nitrogens with zero attached hydrogens (tertiary/aromatic N) is 2. The number of nitrogens with one attached hydrogen (secondary N) is 1. The van der Waals surface area contributed by atoms with Gasteiger partial charge in [0.25, 0.3) is 0 Å². The van der Waals surface area contributed by atoms with Crippen molar-refractivity contribution in [1.82, 2.24) is 9.71 Å². The van der Waals surface area contributed by atoms with Gasteiger partial charge in [-0.2, -0.15) is 0 Å². The Morgan fingerprint density at radius 2 is 1.78 bits per heavy atom. The van der Waals surface area contributed by atoms with E-state index >= 15 is 0 Å². The van der Waals surface area contributed by atoms with E-state index in [1.807, 2.05) is 12.1 Å². The third kappa shape index (κ3) is 4.15. The van der Waals surface area contributed by atoms with Crippen LogP contribution in [0.15, 0.2) is 41.4 Å². The monoisotopic (exact) mass is 391 g/mol. The number of ether oxygens (including phenoxy) is 3. The van der Waals surface area contributed by atoms with Crippen LogP contribution in [-0.4, -0.2) is 52.9 Å². The second kappa shape index (κ2) is 7.71. The van der Waals surface area contributed by atoms with Crippen molar-refractivity contribution in [3.8, 4) is 11.5 Å². The molecule has 0 radical (unpaired) electrons. The number of morpholine rings is 1. The topological polar surface area (TPSA) is 90.0 Å². The lowest BCUT2D eigenvalue weighted by atomic mass is 10.3. The molecule has 2 aliphatic rings. The molecule has 9 heteroatoms. The maximum Gasteiger partial charge on any atom is 0.241 e. The van der Waals surface area contributed by atoms with Gasteiger partial charge in [0.05, 0.1) is 18.1 Å². The molecule has 4 rings (SSSR count). The first-order chi connectivity index (χ1) is 13.1. The first-order valence-electron chi connectivity index (χ1n) is 8.79. The average Bonchev–Trinajstić information content (AvgIpc) is 2.73. The summed E-state index contributed by atoms with van der Waals surface area (Å²) in [5.41, 5.74) is 0.785. The summed E-state index contributed by atoms with van der Waals surface area (Å²) in [4.78, 5) is 6.72. The molecule has 144 valence electrons. The second-order valence-corrected chi connectivity index (χ2v) is 8.02. The number of hydrogen-bond donors (Lipinski definition) is 1. The number of sulfonamides is 1. The van der Waals surface area contributed by atoms with E-state index in [1.54, 1.807) is 12.3 Å². The molecule has 2 aliphatic heterocycles. The summed E-state index contributed by atoms with van der Waals surface area (Å²) in [6, 6.07) is 8.39. The van der Waals surface area contributed by atoms with Gasteiger partial charge in [-0.15, -0.1) is 0 Å². The van der Waals surface area contributed by atoms with Crippen LogP contribution in [0.25, 0.3) is 0 Å². The summed E-state index contributed by atoms with van der Waals surface area (Å²) < 4.78 is 43.9. The highest BCUT2D eigenvalue weighted by atomic mass is 32.2. The van der Waals surface area contributed by atoms with Gasteiger partial charge in [-0.05, 0) is 23.8 Å². The van der Waals surface area contributed by atoms with Crippen LogP contribution in [0.1, 0.15) is 5.56 Å². The molecule has 0 unspecified atom stereocenters. The molecule has 3 heterocycles. The van der Waals surface area contributed by atoms with Gasteiger partial charge in [0.1, 0.15) is 19.0 Å². The van der Waals surface area contributed by atoms with E-state index in [1.165, 1.54) is 12.1 Å². The lowest BCUT2D eigenvalue weighted by molar-refractivity contribution is 0.122. The number of rotatable bonds is 5. The van der Waals surface area contributed by atoms with Crippen LogP contribution in [0.3, 0.4) is 0 Å². The van der Waals surface area contributed by atoms with E-state index in [9.17, 15) is 8.42 Å². The standard InChI is InChI=1S/C18H21N3O5S/c22-27(23,15-2-3-16-17(11-15)26-10-9-25-16)20-13-14-1-4-18(19-12-14)21-5-7-24-8-6-21/h1-4,11-12,20H,5-10,13H2. The molecule has 1 saturated heterocycles. The van der Waals surface area contributed by atoms with Gasteiger partial charge in [-0.3, -0.25) is 0 Å². The first-order valence-corrected chi connectivity index (χ1v) is 10.3. The molecule has 0 bridgehead atoms. The Balaban J connectivity index is 1.41. The molecule has 27 heavy (non-hydrogen) atoms. The zero-order chi connectivity index (χ0) is 18.7. The van der Waals surface area contributed by atoms with Crippen molar-refractivity contribution in [3.05, 3.63) is 42.1 Å². The molecule has 1 fully saturated rings. The molecular weight excluding hydrogens is 370 g/mol. The van der Waals surface area contributed by atoms with Gasteiger partial charge in [-0.25, -0.2) is 18.1 Å². The third-order valence-electron chi connectivity index (χ3n) is 4.43. The Morgan fingerprint density at radius 3 is 2.52 bits per heavy atom.